The van der Waals surface area contributed by atoms with E-state index in [-0.39, 0.29) is 24.3 Å². The molecule has 5 rings (SSSR count). The third-order valence-electron chi connectivity index (χ3n) is 6.38. The zero-order valence-corrected chi connectivity index (χ0v) is 19.0. The van der Waals surface area contributed by atoms with E-state index in [1.54, 1.807) is 16.1 Å². The third-order valence-corrected chi connectivity index (χ3v) is 7.24. The van der Waals surface area contributed by atoms with Gasteiger partial charge in [-0.1, -0.05) is 32.0 Å². The molecule has 0 radical (unpaired) electrons. The van der Waals surface area contributed by atoms with Crippen molar-refractivity contribution in [3.8, 4) is 10.7 Å². The summed E-state index contributed by atoms with van der Waals surface area (Å²) in [4.78, 5) is 32.0. The monoisotopic (exact) mass is 450 g/mol. The first-order chi connectivity index (χ1) is 15.5. The SMILES string of the molecule is CC(C)c1ccc(N2C(=O)C[C@H](N3CCC(n4nnc(-c5cccs5)n4)CC3)C2=O)cc1. The van der Waals surface area contributed by atoms with Crippen LogP contribution >= 0.6 is 11.3 Å². The third kappa shape index (κ3) is 3.86. The van der Waals surface area contributed by atoms with Gasteiger partial charge < -0.3 is 0 Å². The summed E-state index contributed by atoms with van der Waals surface area (Å²) in [6.45, 7) is 5.70. The highest BCUT2D eigenvalue weighted by atomic mass is 32.1. The van der Waals surface area contributed by atoms with Crippen molar-refractivity contribution in [1.82, 2.24) is 25.1 Å². The van der Waals surface area contributed by atoms with Crippen LogP contribution in [0.1, 0.15) is 50.6 Å². The molecule has 2 aliphatic rings. The van der Waals surface area contributed by atoms with Gasteiger partial charge in [-0.05, 0) is 53.1 Å². The molecule has 0 N–H and O–H groups in total. The van der Waals surface area contributed by atoms with Crippen molar-refractivity contribution in [3.63, 3.8) is 0 Å². The van der Waals surface area contributed by atoms with Gasteiger partial charge in [-0.25, -0.2) is 4.90 Å². The van der Waals surface area contributed by atoms with Gasteiger partial charge in [0.1, 0.15) is 0 Å². The van der Waals surface area contributed by atoms with Crippen LogP contribution < -0.4 is 4.90 Å². The maximum Gasteiger partial charge on any atom is 0.251 e. The summed E-state index contributed by atoms with van der Waals surface area (Å²) in [5.41, 5.74) is 1.85. The topological polar surface area (TPSA) is 84.2 Å². The van der Waals surface area contributed by atoms with E-state index >= 15 is 0 Å². The van der Waals surface area contributed by atoms with Crippen LogP contribution in [0, 0.1) is 0 Å². The highest BCUT2D eigenvalue weighted by molar-refractivity contribution is 7.13. The molecule has 32 heavy (non-hydrogen) atoms. The van der Waals surface area contributed by atoms with E-state index in [1.807, 2.05) is 41.8 Å². The highest BCUT2D eigenvalue weighted by Crippen LogP contribution is 2.31. The van der Waals surface area contributed by atoms with E-state index < -0.39 is 6.04 Å². The number of thiophene rings is 1. The number of hydrogen-bond donors (Lipinski definition) is 0. The largest absolute Gasteiger partial charge is 0.291 e. The van der Waals surface area contributed by atoms with Crippen molar-refractivity contribution in [2.75, 3.05) is 18.0 Å². The normalized spacial score (nSPS) is 20.6. The second kappa shape index (κ2) is 8.55. The number of hydrogen-bond acceptors (Lipinski definition) is 7. The van der Waals surface area contributed by atoms with Crippen molar-refractivity contribution in [3.05, 3.63) is 47.3 Å². The van der Waals surface area contributed by atoms with Gasteiger partial charge >= 0.3 is 0 Å². The molecule has 8 nitrogen and oxygen atoms in total. The van der Waals surface area contributed by atoms with Crippen molar-refractivity contribution >= 4 is 28.8 Å². The number of piperidine rings is 1. The molecule has 3 aromatic rings. The second-order valence-electron chi connectivity index (χ2n) is 8.71. The lowest BCUT2D eigenvalue weighted by Gasteiger charge is -2.34. The first-order valence-electron chi connectivity index (χ1n) is 11.1. The quantitative estimate of drug-likeness (QED) is 0.553. The van der Waals surface area contributed by atoms with Crippen molar-refractivity contribution in [2.45, 2.75) is 51.1 Å². The number of tetrazole rings is 1. The Labute approximate surface area is 190 Å². The van der Waals surface area contributed by atoms with Crippen molar-refractivity contribution < 1.29 is 9.59 Å². The number of rotatable bonds is 5. The lowest BCUT2D eigenvalue weighted by Crippen LogP contribution is -2.46. The highest BCUT2D eigenvalue weighted by Gasteiger charge is 2.43. The minimum atomic E-state index is -0.390. The predicted molar refractivity (Wildman–Crippen MR) is 122 cm³/mol. The Kier molecular flexibility index (Phi) is 5.60. The molecule has 0 aliphatic carbocycles. The number of aromatic nitrogens is 4. The number of likely N-dealkylation sites (tertiary alicyclic amines) is 1. The van der Waals surface area contributed by atoms with Crippen molar-refractivity contribution in [2.24, 2.45) is 0 Å². The molecule has 166 valence electrons. The number of amides is 2. The molecule has 2 amide bonds. The summed E-state index contributed by atoms with van der Waals surface area (Å²) in [6, 6.07) is 11.5. The Morgan fingerprint density at radius 3 is 2.47 bits per heavy atom. The smallest absolute Gasteiger partial charge is 0.251 e. The van der Waals surface area contributed by atoms with Gasteiger partial charge in [0.05, 0.1) is 29.1 Å². The molecule has 2 saturated heterocycles. The van der Waals surface area contributed by atoms with E-state index in [0.717, 1.165) is 30.8 Å². The molecule has 9 heteroatoms. The zero-order chi connectivity index (χ0) is 22.2. The fraction of sp³-hybridized carbons (Fsp3) is 0.435. The number of carbonyl (C=O) groups is 2. The fourth-order valence-corrected chi connectivity index (χ4v) is 5.14. The average molecular weight is 451 g/mol. The zero-order valence-electron chi connectivity index (χ0n) is 18.2. The van der Waals surface area contributed by atoms with Gasteiger partial charge in [0, 0.05) is 13.1 Å². The number of benzene rings is 1. The predicted octanol–water partition coefficient (Wildman–Crippen LogP) is 3.49. The minimum Gasteiger partial charge on any atom is -0.291 e. The molecule has 2 fully saturated rings. The van der Waals surface area contributed by atoms with E-state index in [2.05, 4.69) is 34.2 Å². The minimum absolute atomic E-state index is 0.121. The Morgan fingerprint density at radius 1 is 1.06 bits per heavy atom. The Morgan fingerprint density at radius 2 is 1.81 bits per heavy atom. The van der Waals surface area contributed by atoms with Crippen LogP contribution in [0.25, 0.3) is 10.7 Å². The lowest BCUT2D eigenvalue weighted by molar-refractivity contribution is -0.123. The Hall–Kier alpha value is -2.91. The number of anilines is 1. The maximum atomic E-state index is 13.1. The lowest BCUT2D eigenvalue weighted by atomic mass is 10.0. The molecule has 0 spiro atoms. The van der Waals surface area contributed by atoms with Gasteiger partial charge in [-0.3, -0.25) is 14.5 Å². The molecule has 0 unspecified atom stereocenters. The first-order valence-corrected chi connectivity index (χ1v) is 11.9. The van der Waals surface area contributed by atoms with Gasteiger partial charge in [0.15, 0.2) is 0 Å². The van der Waals surface area contributed by atoms with Crippen LogP contribution in [0.15, 0.2) is 41.8 Å². The summed E-state index contributed by atoms with van der Waals surface area (Å²) >= 11 is 1.59. The van der Waals surface area contributed by atoms with Gasteiger partial charge in [0.25, 0.3) is 5.91 Å². The van der Waals surface area contributed by atoms with Gasteiger partial charge in [-0.15, -0.1) is 21.5 Å². The van der Waals surface area contributed by atoms with Crippen molar-refractivity contribution in [1.29, 1.82) is 0 Å². The molecule has 0 bridgehead atoms. The molecular formula is C23H26N6O2S. The van der Waals surface area contributed by atoms with E-state index in [9.17, 15) is 9.59 Å². The van der Waals surface area contributed by atoms with E-state index in [0.29, 0.717) is 17.4 Å². The Bertz CT molecular complexity index is 1100. The maximum absolute atomic E-state index is 13.1. The first kappa shape index (κ1) is 21.0. The van der Waals surface area contributed by atoms with Crippen LogP contribution in [-0.2, 0) is 9.59 Å². The van der Waals surface area contributed by atoms with Gasteiger partial charge in [0.2, 0.25) is 11.7 Å². The number of carbonyl (C=O) groups excluding carboxylic acids is 2. The second-order valence-corrected chi connectivity index (χ2v) is 9.66. The van der Waals surface area contributed by atoms with E-state index in [1.165, 1.54) is 10.5 Å². The molecule has 1 aromatic carbocycles. The van der Waals surface area contributed by atoms with Crippen LogP contribution in [0.2, 0.25) is 0 Å². The standard InChI is InChI=1S/C23H26N6O2S/c1-15(2)16-5-7-17(8-6-16)28-21(30)14-19(23(28)31)27-11-9-18(10-12-27)29-25-22(24-26-29)20-4-3-13-32-20/h3-8,13,15,18-19H,9-12,14H2,1-2H3/t19-/m0/s1. The molecular weight excluding hydrogens is 424 g/mol. The molecule has 0 saturated carbocycles. The molecule has 2 aromatic heterocycles. The number of nitrogens with zero attached hydrogens (tertiary/aromatic N) is 6. The van der Waals surface area contributed by atoms with Crippen LogP contribution in [0.5, 0.6) is 0 Å². The van der Waals surface area contributed by atoms with Crippen LogP contribution in [-0.4, -0.2) is 56.1 Å². The van der Waals surface area contributed by atoms with Gasteiger partial charge in [-0.2, -0.15) is 4.80 Å². The molecule has 2 aliphatic heterocycles. The average Bonchev–Trinajstić information content (AvgIpc) is 3.54. The summed E-state index contributed by atoms with van der Waals surface area (Å²) in [7, 11) is 0. The summed E-state index contributed by atoms with van der Waals surface area (Å²) < 4.78 is 0. The fourth-order valence-electron chi connectivity index (χ4n) is 4.49. The van der Waals surface area contributed by atoms with Crippen LogP contribution in [0.4, 0.5) is 5.69 Å². The Balaban J connectivity index is 1.23. The molecule has 1 atom stereocenters. The summed E-state index contributed by atoms with van der Waals surface area (Å²) in [5.74, 6) is 0.810. The molecule has 4 heterocycles. The number of imide groups is 1. The summed E-state index contributed by atoms with van der Waals surface area (Å²) in [6.07, 6.45) is 1.88. The van der Waals surface area contributed by atoms with Crippen LogP contribution in [0.3, 0.4) is 0 Å². The van der Waals surface area contributed by atoms with E-state index in [4.69, 9.17) is 0 Å². The summed E-state index contributed by atoms with van der Waals surface area (Å²) in [5, 5.41) is 15.0.